The molecule has 1 aliphatic rings. The molecule has 1 heterocycles. The van der Waals surface area contributed by atoms with Crippen LogP contribution in [0.4, 0.5) is 4.79 Å². The van der Waals surface area contributed by atoms with E-state index in [2.05, 4.69) is 4.99 Å². The van der Waals surface area contributed by atoms with Gasteiger partial charge in [-0.25, -0.2) is 4.79 Å². The Morgan fingerprint density at radius 1 is 1.33 bits per heavy atom. The van der Waals surface area contributed by atoms with Crippen molar-refractivity contribution in [1.82, 2.24) is 4.90 Å². The number of hydrogen-bond acceptors (Lipinski definition) is 3. The van der Waals surface area contributed by atoms with Crippen LogP contribution < -0.4 is 0 Å². The third-order valence-electron chi connectivity index (χ3n) is 2.31. The first kappa shape index (κ1) is 12.0. The molecule has 0 atom stereocenters. The Morgan fingerprint density at radius 2 is 1.87 bits per heavy atom. The lowest BCUT2D eigenvalue weighted by atomic mass is 10.1. The van der Waals surface area contributed by atoms with Crippen molar-refractivity contribution in [3.05, 3.63) is 0 Å². The van der Waals surface area contributed by atoms with Crippen molar-refractivity contribution in [2.24, 2.45) is 4.99 Å². The van der Waals surface area contributed by atoms with E-state index in [1.807, 2.05) is 20.8 Å². The number of carbonyl (C=O) groups excluding carboxylic acids is 1. The van der Waals surface area contributed by atoms with Crippen molar-refractivity contribution in [2.75, 3.05) is 20.1 Å². The Bertz CT molecular complexity index is 256. The lowest BCUT2D eigenvalue weighted by Gasteiger charge is -2.30. The number of piperidine rings is 1. The molecule has 0 aromatic rings. The Hall–Kier alpha value is -1.06. The van der Waals surface area contributed by atoms with E-state index in [9.17, 15) is 4.79 Å². The van der Waals surface area contributed by atoms with Crippen LogP contribution in [0.15, 0.2) is 4.99 Å². The van der Waals surface area contributed by atoms with Gasteiger partial charge in [0.25, 0.3) is 0 Å². The van der Waals surface area contributed by atoms with E-state index >= 15 is 0 Å². The van der Waals surface area contributed by atoms with Crippen LogP contribution in [0, 0.1) is 0 Å². The van der Waals surface area contributed by atoms with Crippen LogP contribution in [0.3, 0.4) is 0 Å². The number of hydrogen-bond donors (Lipinski definition) is 0. The Balaban J connectivity index is 2.43. The number of likely N-dealkylation sites (tertiary alicyclic amines) is 1. The third-order valence-corrected chi connectivity index (χ3v) is 2.31. The Kier molecular flexibility index (Phi) is 3.72. The fraction of sp³-hybridized carbons (Fsp3) is 0.818. The summed E-state index contributed by atoms with van der Waals surface area (Å²) in [5.74, 6) is 0. The summed E-state index contributed by atoms with van der Waals surface area (Å²) in [6, 6.07) is 0. The van der Waals surface area contributed by atoms with Crippen LogP contribution in [-0.4, -0.2) is 42.4 Å². The summed E-state index contributed by atoms with van der Waals surface area (Å²) in [4.78, 5) is 17.6. The van der Waals surface area contributed by atoms with Crippen molar-refractivity contribution in [2.45, 2.75) is 39.2 Å². The van der Waals surface area contributed by atoms with Crippen LogP contribution in [0.25, 0.3) is 0 Å². The van der Waals surface area contributed by atoms with E-state index in [0.29, 0.717) is 0 Å². The van der Waals surface area contributed by atoms with Gasteiger partial charge in [-0.1, -0.05) is 0 Å². The highest BCUT2D eigenvalue weighted by Crippen LogP contribution is 2.13. The van der Waals surface area contributed by atoms with Gasteiger partial charge >= 0.3 is 6.09 Å². The molecule has 86 valence electrons. The highest BCUT2D eigenvalue weighted by Gasteiger charge is 2.24. The molecule has 4 nitrogen and oxygen atoms in total. The van der Waals surface area contributed by atoms with Crippen LogP contribution in [0.5, 0.6) is 0 Å². The van der Waals surface area contributed by atoms with Crippen molar-refractivity contribution < 1.29 is 9.53 Å². The molecule has 0 saturated carbocycles. The monoisotopic (exact) mass is 212 g/mol. The Labute approximate surface area is 91.3 Å². The normalized spacial score (nSPS) is 17.6. The minimum atomic E-state index is -0.407. The average molecular weight is 212 g/mol. The second-order valence-corrected chi connectivity index (χ2v) is 4.76. The second-order valence-electron chi connectivity index (χ2n) is 4.76. The number of ether oxygens (including phenoxy) is 1. The van der Waals surface area contributed by atoms with E-state index in [1.165, 1.54) is 5.71 Å². The van der Waals surface area contributed by atoms with Gasteiger partial charge in [-0.15, -0.1) is 0 Å². The van der Waals surface area contributed by atoms with E-state index in [-0.39, 0.29) is 6.09 Å². The molecule has 0 spiro atoms. The van der Waals surface area contributed by atoms with E-state index in [4.69, 9.17) is 4.74 Å². The van der Waals surface area contributed by atoms with E-state index in [0.717, 1.165) is 25.9 Å². The predicted molar refractivity (Wildman–Crippen MR) is 60.4 cm³/mol. The minimum Gasteiger partial charge on any atom is -0.444 e. The predicted octanol–water partition coefficient (Wildman–Crippen LogP) is 2.09. The summed E-state index contributed by atoms with van der Waals surface area (Å²) in [7, 11) is 1.80. The highest BCUT2D eigenvalue weighted by atomic mass is 16.6. The molecule has 1 fully saturated rings. The van der Waals surface area contributed by atoms with Crippen LogP contribution in [-0.2, 0) is 4.74 Å². The van der Waals surface area contributed by atoms with Gasteiger partial charge < -0.3 is 9.64 Å². The lowest BCUT2D eigenvalue weighted by Crippen LogP contribution is -2.41. The molecule has 15 heavy (non-hydrogen) atoms. The first-order valence-corrected chi connectivity index (χ1v) is 5.35. The van der Waals surface area contributed by atoms with Crippen molar-refractivity contribution in [1.29, 1.82) is 0 Å². The largest absolute Gasteiger partial charge is 0.444 e. The Morgan fingerprint density at radius 3 is 2.27 bits per heavy atom. The summed E-state index contributed by atoms with van der Waals surface area (Å²) in [5, 5.41) is 0. The molecule has 0 radical (unpaired) electrons. The zero-order valence-corrected chi connectivity index (χ0v) is 10.0. The molecule has 0 aromatic carbocycles. The van der Waals surface area contributed by atoms with Gasteiger partial charge in [0, 0.05) is 38.7 Å². The second kappa shape index (κ2) is 4.64. The van der Waals surface area contributed by atoms with Crippen LogP contribution >= 0.6 is 0 Å². The number of carbonyl (C=O) groups is 1. The first-order valence-electron chi connectivity index (χ1n) is 5.35. The first-order chi connectivity index (χ1) is 6.92. The van der Waals surface area contributed by atoms with E-state index < -0.39 is 5.60 Å². The maximum atomic E-state index is 11.7. The number of nitrogens with zero attached hydrogens (tertiary/aromatic N) is 2. The maximum absolute atomic E-state index is 11.7. The number of amides is 1. The van der Waals surface area contributed by atoms with Gasteiger partial charge in [0.1, 0.15) is 5.60 Å². The molecule has 0 aliphatic carbocycles. The molecule has 0 aromatic heterocycles. The van der Waals surface area contributed by atoms with Crippen LogP contribution in [0.2, 0.25) is 0 Å². The average Bonchev–Trinajstić information content (AvgIpc) is 2.15. The SMILES string of the molecule is CN=C1CCN(C(=O)OC(C)(C)C)CC1. The molecule has 1 amide bonds. The molecule has 1 saturated heterocycles. The van der Waals surface area contributed by atoms with Gasteiger partial charge in [-0.3, -0.25) is 4.99 Å². The number of rotatable bonds is 0. The zero-order chi connectivity index (χ0) is 11.5. The maximum Gasteiger partial charge on any atom is 0.410 e. The van der Waals surface area contributed by atoms with Gasteiger partial charge in [0.15, 0.2) is 0 Å². The number of aliphatic imine (C=N–C) groups is 1. The molecular weight excluding hydrogens is 192 g/mol. The molecule has 0 bridgehead atoms. The molecule has 1 rings (SSSR count). The van der Waals surface area contributed by atoms with Crippen LogP contribution in [0.1, 0.15) is 33.6 Å². The van der Waals surface area contributed by atoms with Crippen molar-refractivity contribution in [3.63, 3.8) is 0 Å². The minimum absolute atomic E-state index is 0.211. The summed E-state index contributed by atoms with van der Waals surface area (Å²) in [5.41, 5.74) is 0.783. The summed E-state index contributed by atoms with van der Waals surface area (Å²) in [6.45, 7) is 7.10. The third kappa shape index (κ3) is 3.90. The quantitative estimate of drug-likeness (QED) is 0.617. The summed E-state index contributed by atoms with van der Waals surface area (Å²) < 4.78 is 5.29. The summed E-state index contributed by atoms with van der Waals surface area (Å²) >= 11 is 0. The van der Waals surface area contributed by atoms with Crippen molar-refractivity contribution >= 4 is 11.8 Å². The molecule has 0 N–H and O–H groups in total. The highest BCUT2D eigenvalue weighted by molar-refractivity contribution is 5.86. The summed E-state index contributed by atoms with van der Waals surface area (Å²) in [6.07, 6.45) is 1.53. The van der Waals surface area contributed by atoms with Gasteiger partial charge in [0.05, 0.1) is 0 Å². The van der Waals surface area contributed by atoms with E-state index in [1.54, 1.807) is 11.9 Å². The van der Waals surface area contributed by atoms with Crippen molar-refractivity contribution in [3.8, 4) is 0 Å². The standard InChI is InChI=1S/C11H20N2O2/c1-11(2,3)15-10(14)13-7-5-9(12-4)6-8-13/h5-8H2,1-4H3. The zero-order valence-electron chi connectivity index (χ0n) is 10.0. The smallest absolute Gasteiger partial charge is 0.410 e. The van der Waals surface area contributed by atoms with Gasteiger partial charge in [-0.2, -0.15) is 0 Å². The molecule has 0 unspecified atom stereocenters. The van der Waals surface area contributed by atoms with Gasteiger partial charge in [0.2, 0.25) is 0 Å². The molecule has 4 heteroatoms. The molecular formula is C11H20N2O2. The van der Waals surface area contributed by atoms with Gasteiger partial charge in [-0.05, 0) is 20.8 Å². The lowest BCUT2D eigenvalue weighted by molar-refractivity contribution is 0.0249. The fourth-order valence-electron chi connectivity index (χ4n) is 1.50. The molecule has 1 aliphatic heterocycles. The topological polar surface area (TPSA) is 41.9 Å². The fourth-order valence-corrected chi connectivity index (χ4v) is 1.50.